The summed E-state index contributed by atoms with van der Waals surface area (Å²) in [6.07, 6.45) is 2.58. The number of hydrogen-bond acceptors (Lipinski definition) is 5. The Morgan fingerprint density at radius 2 is 1.44 bits per heavy atom. The maximum absolute atomic E-state index is 6.27. The van der Waals surface area contributed by atoms with E-state index in [4.69, 9.17) is 14.2 Å². The number of piperazine rings is 1. The molecule has 0 N–H and O–H groups in total. The predicted molar refractivity (Wildman–Crippen MR) is 163 cm³/mol. The van der Waals surface area contributed by atoms with Crippen LogP contribution in [0.4, 0.5) is 0 Å². The summed E-state index contributed by atoms with van der Waals surface area (Å²) in [5.41, 5.74) is 3.87. The van der Waals surface area contributed by atoms with Crippen LogP contribution in [0.1, 0.15) is 49.3 Å². The highest BCUT2D eigenvalue weighted by Gasteiger charge is 2.42. The Morgan fingerprint density at radius 1 is 0.821 bits per heavy atom. The molecule has 0 amide bonds. The molecule has 5 nitrogen and oxygen atoms in total. The zero-order valence-corrected chi connectivity index (χ0v) is 25.0. The molecule has 0 aromatic heterocycles. The number of methoxy groups -OCH3 is 2. The standard InChI is InChI=1S/C32H40N2O3.2ClH/c1-23(2)37-31-19-27(35-3)18-30(36-4)28(31)21-33-20-26-16-11-17-34(26)29(22-33)32(24-12-7-5-8-13-24)25-14-9-6-10-15-25;;/h5-10,12-15,18-19,23,26,29,32H,11,16-17,20-22H2,1-4H3;2*1H/t26-,29-;;/m0../s1. The second kappa shape index (κ2) is 14.3. The first-order valence-electron chi connectivity index (χ1n) is 13.6. The van der Waals surface area contributed by atoms with Crippen molar-refractivity contribution in [1.82, 2.24) is 9.80 Å². The van der Waals surface area contributed by atoms with Gasteiger partial charge in [0.25, 0.3) is 0 Å². The maximum atomic E-state index is 6.27. The Labute approximate surface area is 246 Å². The third-order valence-corrected chi connectivity index (χ3v) is 7.81. The summed E-state index contributed by atoms with van der Waals surface area (Å²) in [6, 6.07) is 27.0. The minimum atomic E-state index is 0. The molecular weight excluding hydrogens is 531 g/mol. The second-order valence-corrected chi connectivity index (χ2v) is 10.6. The van der Waals surface area contributed by atoms with Crippen LogP contribution in [0.3, 0.4) is 0 Å². The summed E-state index contributed by atoms with van der Waals surface area (Å²) in [4.78, 5) is 5.41. The van der Waals surface area contributed by atoms with Crippen molar-refractivity contribution >= 4 is 24.8 Å². The average Bonchev–Trinajstić information content (AvgIpc) is 3.39. The van der Waals surface area contributed by atoms with Gasteiger partial charge >= 0.3 is 0 Å². The van der Waals surface area contributed by atoms with Gasteiger partial charge in [-0.3, -0.25) is 9.80 Å². The van der Waals surface area contributed by atoms with Crippen molar-refractivity contribution in [3.05, 3.63) is 89.5 Å². The van der Waals surface area contributed by atoms with Crippen LogP contribution >= 0.6 is 24.8 Å². The van der Waals surface area contributed by atoms with Gasteiger partial charge in [0.2, 0.25) is 0 Å². The first-order chi connectivity index (χ1) is 18.1. The van der Waals surface area contributed by atoms with E-state index in [2.05, 4.69) is 84.3 Å². The van der Waals surface area contributed by atoms with Gasteiger partial charge in [-0.2, -0.15) is 0 Å². The van der Waals surface area contributed by atoms with Crippen LogP contribution in [-0.4, -0.2) is 61.8 Å². The summed E-state index contributed by atoms with van der Waals surface area (Å²) in [6.45, 7) is 8.13. The normalized spacial score (nSPS) is 19.2. The molecule has 0 bridgehead atoms. The molecule has 5 rings (SSSR count). The Kier molecular flexibility index (Phi) is 11.4. The summed E-state index contributed by atoms with van der Waals surface area (Å²) in [5, 5.41) is 0. The van der Waals surface area contributed by atoms with Gasteiger partial charge < -0.3 is 14.2 Å². The highest BCUT2D eigenvalue weighted by Crippen LogP contribution is 2.40. The van der Waals surface area contributed by atoms with E-state index in [1.54, 1.807) is 14.2 Å². The molecule has 2 heterocycles. The number of fused-ring (bicyclic) bond motifs is 1. The number of ether oxygens (including phenoxy) is 3. The van der Waals surface area contributed by atoms with E-state index in [-0.39, 0.29) is 30.9 Å². The summed E-state index contributed by atoms with van der Waals surface area (Å²) < 4.78 is 17.7. The van der Waals surface area contributed by atoms with Gasteiger partial charge in [0, 0.05) is 49.8 Å². The fourth-order valence-electron chi connectivity index (χ4n) is 6.25. The van der Waals surface area contributed by atoms with Crippen molar-refractivity contribution in [1.29, 1.82) is 0 Å². The van der Waals surface area contributed by atoms with Gasteiger partial charge in [-0.15, -0.1) is 24.8 Å². The van der Waals surface area contributed by atoms with Crippen LogP contribution in [0.5, 0.6) is 17.2 Å². The van der Waals surface area contributed by atoms with Crippen molar-refractivity contribution < 1.29 is 14.2 Å². The molecule has 2 atom stereocenters. The topological polar surface area (TPSA) is 34.2 Å². The van der Waals surface area contributed by atoms with Crippen molar-refractivity contribution in [2.75, 3.05) is 33.9 Å². The monoisotopic (exact) mass is 572 g/mol. The molecule has 39 heavy (non-hydrogen) atoms. The van der Waals surface area contributed by atoms with Gasteiger partial charge in [0.05, 0.1) is 25.9 Å². The van der Waals surface area contributed by atoms with Crippen LogP contribution in [0.2, 0.25) is 0 Å². The Balaban J connectivity index is 0.00000210. The van der Waals surface area contributed by atoms with E-state index in [9.17, 15) is 0 Å². The fraction of sp³-hybridized carbons (Fsp3) is 0.438. The van der Waals surface area contributed by atoms with Crippen LogP contribution in [0.25, 0.3) is 0 Å². The number of halogens is 2. The second-order valence-electron chi connectivity index (χ2n) is 10.6. The molecule has 3 aromatic rings. The number of hydrogen-bond donors (Lipinski definition) is 0. The Hall–Kier alpha value is -2.44. The molecule has 3 aromatic carbocycles. The van der Waals surface area contributed by atoms with E-state index >= 15 is 0 Å². The number of nitrogens with zero attached hydrogens (tertiary/aromatic N) is 2. The van der Waals surface area contributed by atoms with E-state index in [1.807, 2.05) is 12.1 Å². The lowest BCUT2D eigenvalue weighted by molar-refractivity contribution is 0.0374. The number of benzene rings is 3. The van der Waals surface area contributed by atoms with Crippen LogP contribution < -0.4 is 14.2 Å². The lowest BCUT2D eigenvalue weighted by atomic mass is 9.82. The lowest BCUT2D eigenvalue weighted by Crippen LogP contribution is -2.57. The molecule has 212 valence electrons. The Bertz CT molecular complexity index is 1120. The van der Waals surface area contributed by atoms with Crippen molar-refractivity contribution in [2.24, 2.45) is 0 Å². The molecule has 2 aliphatic heterocycles. The van der Waals surface area contributed by atoms with E-state index in [1.165, 1.54) is 30.5 Å². The molecule has 0 aliphatic carbocycles. The van der Waals surface area contributed by atoms with Gasteiger partial charge in [-0.25, -0.2) is 0 Å². The first kappa shape index (κ1) is 31.1. The lowest BCUT2D eigenvalue weighted by Gasteiger charge is -2.47. The summed E-state index contributed by atoms with van der Waals surface area (Å²) in [5.74, 6) is 2.74. The SMILES string of the molecule is COc1cc(OC)c(CN2C[C@@H]3CCCN3[C@H](C(c3ccccc3)c3ccccc3)C2)c(OC(C)C)c1.Cl.Cl. The molecule has 0 saturated carbocycles. The zero-order chi connectivity index (χ0) is 25.8. The van der Waals surface area contributed by atoms with E-state index in [0.29, 0.717) is 18.0 Å². The van der Waals surface area contributed by atoms with Crippen molar-refractivity contribution in [3.63, 3.8) is 0 Å². The van der Waals surface area contributed by atoms with Crippen LogP contribution in [0.15, 0.2) is 72.8 Å². The first-order valence-corrected chi connectivity index (χ1v) is 13.6. The molecule has 0 radical (unpaired) electrons. The van der Waals surface area contributed by atoms with Crippen molar-refractivity contribution in [3.8, 4) is 17.2 Å². The van der Waals surface area contributed by atoms with E-state index in [0.717, 1.165) is 42.4 Å². The van der Waals surface area contributed by atoms with Gasteiger partial charge in [-0.05, 0) is 44.4 Å². The van der Waals surface area contributed by atoms with Crippen molar-refractivity contribution in [2.45, 2.75) is 57.3 Å². The Morgan fingerprint density at radius 3 is 2.00 bits per heavy atom. The predicted octanol–water partition coefficient (Wildman–Crippen LogP) is 6.82. The number of rotatable bonds is 9. The quantitative estimate of drug-likeness (QED) is 0.281. The largest absolute Gasteiger partial charge is 0.496 e. The van der Waals surface area contributed by atoms with Gasteiger partial charge in [0.15, 0.2) is 0 Å². The highest BCUT2D eigenvalue weighted by molar-refractivity contribution is 5.85. The van der Waals surface area contributed by atoms with Crippen LogP contribution in [-0.2, 0) is 6.54 Å². The van der Waals surface area contributed by atoms with Crippen LogP contribution in [0, 0.1) is 0 Å². The van der Waals surface area contributed by atoms with Gasteiger partial charge in [0.1, 0.15) is 17.2 Å². The molecule has 0 spiro atoms. The van der Waals surface area contributed by atoms with Gasteiger partial charge in [-0.1, -0.05) is 60.7 Å². The molecule has 0 unspecified atom stereocenters. The maximum Gasteiger partial charge on any atom is 0.131 e. The highest BCUT2D eigenvalue weighted by atomic mass is 35.5. The summed E-state index contributed by atoms with van der Waals surface area (Å²) >= 11 is 0. The van der Waals surface area contributed by atoms with E-state index < -0.39 is 0 Å². The summed E-state index contributed by atoms with van der Waals surface area (Å²) in [7, 11) is 3.42. The molecule has 7 heteroatoms. The minimum Gasteiger partial charge on any atom is -0.496 e. The minimum absolute atomic E-state index is 0. The third-order valence-electron chi connectivity index (χ3n) is 7.81. The molecular formula is C32H42Cl2N2O3. The fourth-order valence-corrected chi connectivity index (χ4v) is 6.25. The third kappa shape index (κ3) is 7.01. The average molecular weight is 574 g/mol. The molecule has 2 fully saturated rings. The molecule has 2 saturated heterocycles. The molecule has 2 aliphatic rings. The zero-order valence-electron chi connectivity index (χ0n) is 23.4. The smallest absolute Gasteiger partial charge is 0.131 e.